The van der Waals surface area contributed by atoms with E-state index in [1.54, 1.807) is 32.9 Å². The Hall–Kier alpha value is -1.41. The molecule has 1 aromatic heterocycles. The second-order valence-electron chi connectivity index (χ2n) is 5.42. The maximum Gasteiger partial charge on any atom is 0.330 e. The third kappa shape index (κ3) is 4.78. The molecule has 10 heteroatoms. The highest BCUT2D eigenvalue weighted by Crippen LogP contribution is 2.44. The van der Waals surface area contributed by atoms with Gasteiger partial charge in [-0.1, -0.05) is 6.08 Å². The molecule has 1 unspecified atom stereocenters. The number of nitrogens with zero attached hydrogens (tertiary/aromatic N) is 1. The molecule has 0 aliphatic carbocycles. The number of aromatic amines is 1. The van der Waals surface area contributed by atoms with E-state index in [-0.39, 0.29) is 12.7 Å². The fourth-order valence-electron chi connectivity index (χ4n) is 2.02. The number of hydrogen-bond donors (Lipinski definition) is 1. The molecule has 0 amide bonds. The van der Waals surface area contributed by atoms with Crippen molar-refractivity contribution >= 4 is 15.0 Å². The first-order valence-corrected chi connectivity index (χ1v) is 8.66. The van der Waals surface area contributed by atoms with Gasteiger partial charge in [0.2, 0.25) is 0 Å². The molecule has 2 rings (SSSR count). The maximum atomic E-state index is 11.8. The molecule has 2 heterocycles. The van der Waals surface area contributed by atoms with Gasteiger partial charge in [0.05, 0.1) is 20.2 Å². The lowest BCUT2D eigenvalue weighted by Crippen LogP contribution is -2.33. The van der Waals surface area contributed by atoms with Crippen molar-refractivity contribution < 1.29 is 18.3 Å². The van der Waals surface area contributed by atoms with E-state index in [0.29, 0.717) is 5.56 Å². The zero-order valence-electron chi connectivity index (χ0n) is 13.1. The fraction of sp³-hybridized carbons (Fsp3) is 0.538. The molecule has 8 nitrogen and oxygen atoms in total. The van der Waals surface area contributed by atoms with Gasteiger partial charge >= 0.3 is 5.69 Å². The predicted molar refractivity (Wildman–Crippen MR) is 84.6 cm³/mol. The summed E-state index contributed by atoms with van der Waals surface area (Å²) in [6.07, 6.45) is 3.16. The Bertz CT molecular complexity index is 756. The van der Waals surface area contributed by atoms with Crippen molar-refractivity contribution in [1.82, 2.24) is 9.55 Å². The number of H-pyrrole nitrogens is 1. The Labute approximate surface area is 134 Å². The Morgan fingerprint density at radius 3 is 2.78 bits per heavy atom. The number of aryl methyl sites for hydroxylation is 1. The van der Waals surface area contributed by atoms with Crippen LogP contribution in [0.25, 0.3) is 0 Å². The van der Waals surface area contributed by atoms with Gasteiger partial charge in [-0.15, -0.1) is 0 Å². The van der Waals surface area contributed by atoms with Gasteiger partial charge in [-0.05, 0) is 26.8 Å². The summed E-state index contributed by atoms with van der Waals surface area (Å²) in [5, 5.41) is 0. The second kappa shape index (κ2) is 7.01. The molecule has 1 N–H and O–H groups in total. The maximum absolute atomic E-state index is 11.8. The van der Waals surface area contributed by atoms with Gasteiger partial charge in [-0.3, -0.25) is 14.3 Å². The fourth-order valence-corrected chi connectivity index (χ4v) is 3.02. The summed E-state index contributed by atoms with van der Waals surface area (Å²) in [7, 11) is 1.79. The lowest BCUT2D eigenvalue weighted by molar-refractivity contribution is -0.00812. The first-order chi connectivity index (χ1) is 10.7. The van der Waals surface area contributed by atoms with Gasteiger partial charge in [0.1, 0.15) is 6.10 Å². The number of nitrogens with one attached hydrogen (secondary N) is 1. The summed E-state index contributed by atoms with van der Waals surface area (Å²) in [6, 6.07) is 0. The van der Waals surface area contributed by atoms with E-state index in [1.807, 2.05) is 0 Å². The molecule has 3 radical (unpaired) electrons. The summed E-state index contributed by atoms with van der Waals surface area (Å²) >= 11 is 0. The summed E-state index contributed by atoms with van der Waals surface area (Å²) in [5.41, 5.74) is -0.634. The summed E-state index contributed by atoms with van der Waals surface area (Å²) < 4.78 is 28.7. The van der Waals surface area contributed by atoms with Crippen LogP contribution in [0.15, 0.2) is 27.9 Å². The second-order valence-corrected chi connectivity index (χ2v) is 6.97. The van der Waals surface area contributed by atoms with E-state index in [1.165, 1.54) is 10.8 Å². The molecule has 0 aromatic carbocycles. The molecular formula is C13H18BN2O6P-. The zero-order chi connectivity index (χ0) is 17.2. The Balaban J connectivity index is 1.99. The summed E-state index contributed by atoms with van der Waals surface area (Å²) in [6.45, 7) is 4.89. The van der Waals surface area contributed by atoms with Crippen molar-refractivity contribution in [2.45, 2.75) is 39.2 Å². The van der Waals surface area contributed by atoms with Crippen molar-refractivity contribution in [2.75, 3.05) is 6.61 Å². The molecule has 23 heavy (non-hydrogen) atoms. The van der Waals surface area contributed by atoms with Crippen LogP contribution in [0, 0.1) is 6.92 Å². The highest BCUT2D eigenvalue weighted by Gasteiger charge is 2.23. The number of hydrogen-bond acceptors (Lipinski definition) is 6. The Kier molecular flexibility index (Phi) is 5.47. The molecule has 0 bridgehead atoms. The first kappa shape index (κ1) is 17.9. The summed E-state index contributed by atoms with van der Waals surface area (Å²) in [4.78, 5) is 25.4. The first-order valence-electron chi connectivity index (χ1n) is 7.05. The molecule has 0 fully saturated rings. The SMILES string of the molecule is [B-]P(=O)(OC[C@@H]1C=C[C@H](n2cc(C)c(=O)[nH]c2=O)O1)OC(C)C. The largest absolute Gasteiger partial charge is 0.444 e. The average Bonchev–Trinajstić information content (AvgIpc) is 2.88. The standard InChI is InChI=1S/C13H18BN2O6P/c1-8(2)22-23(14,19)20-7-10-4-5-11(21-10)16-6-9(3)12(17)15-13(16)18/h4-6,8,10-11H,7H2,1-3H3,(H,15,17,18)/q-1/t10-,11+,23?/m0/s1. The van der Waals surface area contributed by atoms with Crippen LogP contribution < -0.4 is 11.2 Å². The van der Waals surface area contributed by atoms with Gasteiger partial charge in [0.25, 0.3) is 5.56 Å². The molecule has 0 spiro atoms. The molecule has 0 saturated heterocycles. The van der Waals surface area contributed by atoms with Crippen LogP contribution in [0.2, 0.25) is 0 Å². The third-order valence-corrected chi connectivity index (χ3v) is 4.23. The quantitative estimate of drug-likeness (QED) is 0.471. The van der Waals surface area contributed by atoms with Gasteiger partial charge in [-0.25, -0.2) is 4.79 Å². The Morgan fingerprint density at radius 1 is 1.43 bits per heavy atom. The molecule has 0 saturated carbocycles. The van der Waals surface area contributed by atoms with Crippen molar-refractivity contribution in [2.24, 2.45) is 0 Å². The topological polar surface area (TPSA) is 99.6 Å². The normalized spacial score (nSPS) is 23.3. The van der Waals surface area contributed by atoms with Crippen LogP contribution in [0.1, 0.15) is 25.6 Å². The van der Waals surface area contributed by atoms with Crippen LogP contribution in [0.5, 0.6) is 0 Å². The van der Waals surface area contributed by atoms with E-state index in [4.69, 9.17) is 21.4 Å². The monoisotopic (exact) mass is 340 g/mol. The minimum atomic E-state index is -3.65. The number of aromatic nitrogens is 2. The van der Waals surface area contributed by atoms with Crippen molar-refractivity contribution in [3.8, 4) is 0 Å². The zero-order valence-corrected chi connectivity index (χ0v) is 14.0. The molecule has 3 atom stereocenters. The van der Waals surface area contributed by atoms with Crippen LogP contribution in [0.3, 0.4) is 0 Å². The van der Waals surface area contributed by atoms with Crippen molar-refractivity contribution in [3.63, 3.8) is 0 Å². The summed E-state index contributed by atoms with van der Waals surface area (Å²) in [5.74, 6) is 0. The number of ether oxygens (including phenoxy) is 1. The third-order valence-electron chi connectivity index (χ3n) is 3.00. The number of rotatable bonds is 6. The average molecular weight is 340 g/mol. The minimum absolute atomic E-state index is 0.0788. The molecule has 125 valence electrons. The molecule has 1 aliphatic heterocycles. The smallest absolute Gasteiger partial charge is 0.330 e. The molecule has 1 aromatic rings. The van der Waals surface area contributed by atoms with Gasteiger partial charge in [-0.2, -0.15) is 0 Å². The minimum Gasteiger partial charge on any atom is -0.444 e. The predicted octanol–water partition coefficient (Wildman–Crippen LogP) is 1.02. The van der Waals surface area contributed by atoms with Gasteiger partial charge in [0, 0.05) is 11.8 Å². The molecular weight excluding hydrogens is 322 g/mol. The van der Waals surface area contributed by atoms with Crippen LogP contribution in [0.4, 0.5) is 0 Å². The van der Waals surface area contributed by atoms with Crippen molar-refractivity contribution in [1.29, 1.82) is 0 Å². The van der Waals surface area contributed by atoms with Crippen LogP contribution in [-0.2, 0) is 18.3 Å². The van der Waals surface area contributed by atoms with E-state index in [2.05, 4.69) is 4.98 Å². The molecule has 1 aliphatic rings. The van der Waals surface area contributed by atoms with E-state index < -0.39 is 31.1 Å². The Morgan fingerprint density at radius 2 is 2.13 bits per heavy atom. The van der Waals surface area contributed by atoms with Crippen LogP contribution in [-0.4, -0.2) is 35.9 Å². The van der Waals surface area contributed by atoms with E-state index in [0.717, 1.165) is 0 Å². The van der Waals surface area contributed by atoms with Gasteiger partial charge < -0.3 is 25.9 Å². The van der Waals surface area contributed by atoms with Crippen LogP contribution >= 0.6 is 7.47 Å². The van der Waals surface area contributed by atoms with E-state index >= 15 is 0 Å². The van der Waals surface area contributed by atoms with Crippen molar-refractivity contribution in [3.05, 3.63) is 44.8 Å². The van der Waals surface area contributed by atoms with E-state index in [9.17, 15) is 14.2 Å². The highest BCUT2D eigenvalue weighted by atomic mass is 31.2. The lowest BCUT2D eigenvalue weighted by atomic mass is 10.3. The van der Waals surface area contributed by atoms with Gasteiger partial charge in [0.15, 0.2) is 6.23 Å². The lowest BCUT2D eigenvalue weighted by Gasteiger charge is -2.29. The highest BCUT2D eigenvalue weighted by molar-refractivity contribution is 7.79.